The molecule has 1 aliphatic rings. The number of furan rings is 1. The maximum Gasteiger partial charge on any atom is 0.417 e. The van der Waals surface area contributed by atoms with Crippen LogP contribution in [0.1, 0.15) is 23.3 Å². The van der Waals surface area contributed by atoms with Crippen LogP contribution in [-0.4, -0.2) is 16.1 Å². The largest absolute Gasteiger partial charge is 0.461 e. The summed E-state index contributed by atoms with van der Waals surface area (Å²) in [4.78, 5) is 16.6. The van der Waals surface area contributed by atoms with Crippen LogP contribution in [0.4, 0.5) is 13.2 Å². The van der Waals surface area contributed by atoms with E-state index in [-0.39, 0.29) is 18.0 Å². The van der Waals surface area contributed by atoms with Crippen LogP contribution >= 0.6 is 12.4 Å². The predicted molar refractivity (Wildman–Crippen MR) is 117 cm³/mol. The summed E-state index contributed by atoms with van der Waals surface area (Å²) in [6.07, 6.45) is -0.203. The number of aryl methyl sites for hydroxylation is 1. The average molecular weight is 462 g/mol. The number of benzene rings is 1. The Balaban J connectivity index is 0.00000245. The molecule has 0 unspecified atom stereocenters. The number of aromatic nitrogens is 2. The van der Waals surface area contributed by atoms with Crippen LogP contribution in [0.5, 0.6) is 0 Å². The highest BCUT2D eigenvalue weighted by atomic mass is 35.5. The van der Waals surface area contributed by atoms with Crippen molar-refractivity contribution in [3.8, 4) is 16.9 Å². The lowest BCUT2D eigenvalue weighted by molar-refractivity contribution is -0.137. The van der Waals surface area contributed by atoms with Crippen LogP contribution in [-0.2, 0) is 19.1 Å². The van der Waals surface area contributed by atoms with Gasteiger partial charge in [-0.3, -0.25) is 14.3 Å². The minimum atomic E-state index is -4.45. The molecule has 1 N–H and O–H groups in total. The summed E-state index contributed by atoms with van der Waals surface area (Å²) in [6.45, 7) is 1.72. The third-order valence-electron chi connectivity index (χ3n) is 5.50. The molecule has 0 spiro atoms. The Morgan fingerprint density at radius 1 is 1.09 bits per heavy atom. The van der Waals surface area contributed by atoms with Crippen molar-refractivity contribution in [1.29, 1.82) is 0 Å². The molecule has 0 saturated heterocycles. The number of hydrogen-bond acceptors (Lipinski definition) is 4. The van der Waals surface area contributed by atoms with Gasteiger partial charge in [0.1, 0.15) is 11.3 Å². The van der Waals surface area contributed by atoms with Crippen LogP contribution in [0.25, 0.3) is 27.9 Å². The van der Waals surface area contributed by atoms with E-state index in [1.165, 1.54) is 16.7 Å². The summed E-state index contributed by atoms with van der Waals surface area (Å²) in [5, 5.41) is 4.42. The van der Waals surface area contributed by atoms with Gasteiger partial charge in [0.15, 0.2) is 0 Å². The Morgan fingerprint density at radius 2 is 1.94 bits per heavy atom. The van der Waals surface area contributed by atoms with E-state index in [1.807, 2.05) is 18.2 Å². The topological polar surface area (TPSA) is 60.1 Å². The van der Waals surface area contributed by atoms with E-state index in [4.69, 9.17) is 4.42 Å². The van der Waals surface area contributed by atoms with Crippen LogP contribution in [0.15, 0.2) is 64.1 Å². The van der Waals surface area contributed by atoms with E-state index in [0.717, 1.165) is 60.5 Å². The summed E-state index contributed by atoms with van der Waals surface area (Å²) < 4.78 is 45.7. The molecule has 4 aromatic rings. The third-order valence-corrected chi connectivity index (χ3v) is 5.50. The zero-order valence-electron chi connectivity index (χ0n) is 16.8. The van der Waals surface area contributed by atoms with Crippen molar-refractivity contribution < 1.29 is 17.6 Å². The zero-order chi connectivity index (χ0) is 21.6. The van der Waals surface area contributed by atoms with E-state index >= 15 is 0 Å². The molecule has 9 heteroatoms. The van der Waals surface area contributed by atoms with Gasteiger partial charge in [-0.2, -0.15) is 13.2 Å². The van der Waals surface area contributed by atoms with E-state index in [2.05, 4.69) is 10.3 Å². The van der Waals surface area contributed by atoms with Gasteiger partial charge in [-0.15, -0.1) is 12.4 Å². The van der Waals surface area contributed by atoms with Gasteiger partial charge < -0.3 is 9.73 Å². The van der Waals surface area contributed by atoms with E-state index < -0.39 is 11.7 Å². The smallest absolute Gasteiger partial charge is 0.417 e. The molecule has 0 atom stereocenters. The highest BCUT2D eigenvalue weighted by Crippen LogP contribution is 2.31. The lowest BCUT2D eigenvalue weighted by atomic mass is 10.1. The van der Waals surface area contributed by atoms with Crippen molar-refractivity contribution in [2.75, 3.05) is 6.54 Å². The Kier molecular flexibility index (Phi) is 5.83. The molecule has 0 fully saturated rings. The highest BCUT2D eigenvalue weighted by Gasteiger charge is 2.30. The van der Waals surface area contributed by atoms with Gasteiger partial charge in [-0.05, 0) is 43.3 Å². The van der Waals surface area contributed by atoms with Crippen molar-refractivity contribution in [3.05, 3.63) is 82.1 Å². The number of rotatable bonds is 2. The van der Waals surface area contributed by atoms with Crippen molar-refractivity contribution in [1.82, 2.24) is 14.9 Å². The van der Waals surface area contributed by atoms with Gasteiger partial charge in [-0.1, -0.05) is 0 Å². The van der Waals surface area contributed by atoms with Gasteiger partial charge in [-0.25, -0.2) is 0 Å². The molecule has 1 aliphatic heterocycles. The highest BCUT2D eigenvalue weighted by molar-refractivity contribution is 5.85. The zero-order valence-corrected chi connectivity index (χ0v) is 17.6. The molecule has 0 amide bonds. The number of nitrogens with zero attached hydrogens (tertiary/aromatic N) is 2. The summed E-state index contributed by atoms with van der Waals surface area (Å²) in [5.41, 5.74) is 2.16. The molecule has 0 bridgehead atoms. The molecule has 5 rings (SSSR count). The first-order valence-corrected chi connectivity index (χ1v) is 9.92. The van der Waals surface area contributed by atoms with Gasteiger partial charge >= 0.3 is 6.18 Å². The molecular formula is C23H19ClF3N3O2. The number of pyridine rings is 2. The van der Waals surface area contributed by atoms with E-state index in [0.29, 0.717) is 16.9 Å². The number of fused-ring (bicyclic) bond motifs is 3. The van der Waals surface area contributed by atoms with Crippen LogP contribution < -0.4 is 10.9 Å². The second kappa shape index (κ2) is 8.44. The Labute approximate surface area is 187 Å². The Hall–Kier alpha value is -3.10. The molecule has 166 valence electrons. The molecule has 0 radical (unpaired) electrons. The summed E-state index contributed by atoms with van der Waals surface area (Å²) in [6, 6.07) is 10.9. The monoisotopic (exact) mass is 461 g/mol. The molecule has 1 aromatic carbocycles. The minimum Gasteiger partial charge on any atom is -0.461 e. The minimum absolute atomic E-state index is 0. The fourth-order valence-electron chi connectivity index (χ4n) is 3.91. The lowest BCUT2D eigenvalue weighted by Gasteiger charge is -2.09. The van der Waals surface area contributed by atoms with Gasteiger partial charge in [0.2, 0.25) is 0 Å². The molecule has 3 aromatic heterocycles. The second-order valence-electron chi connectivity index (χ2n) is 7.52. The van der Waals surface area contributed by atoms with Crippen molar-refractivity contribution >= 4 is 23.4 Å². The van der Waals surface area contributed by atoms with Crippen LogP contribution in [0.2, 0.25) is 0 Å². The van der Waals surface area contributed by atoms with Crippen molar-refractivity contribution in [2.24, 2.45) is 0 Å². The summed E-state index contributed by atoms with van der Waals surface area (Å²) in [5.74, 6) is 0.980. The molecule has 0 saturated carbocycles. The fraction of sp³-hybridized carbons (Fsp3) is 0.217. The van der Waals surface area contributed by atoms with Gasteiger partial charge in [0.05, 0.1) is 16.9 Å². The Morgan fingerprint density at radius 3 is 2.66 bits per heavy atom. The first kappa shape index (κ1) is 22.1. The maximum absolute atomic E-state index is 12.7. The number of alkyl halides is 3. The van der Waals surface area contributed by atoms with Crippen LogP contribution in [0, 0.1) is 0 Å². The quantitative estimate of drug-likeness (QED) is 0.450. The molecular weight excluding hydrogens is 443 g/mol. The number of nitrogens with one attached hydrogen (secondary N) is 1. The second-order valence-corrected chi connectivity index (χ2v) is 7.52. The SMILES string of the molecule is Cl.O=c1cc(-c2ccc(C(F)(F)F)cn2)ccn1-c1ccc2c3c(oc2c1)CCCNC3. The first-order valence-electron chi connectivity index (χ1n) is 9.92. The molecule has 5 nitrogen and oxygen atoms in total. The lowest BCUT2D eigenvalue weighted by Crippen LogP contribution is -2.16. The van der Waals surface area contributed by atoms with Crippen molar-refractivity contribution in [2.45, 2.75) is 25.6 Å². The average Bonchev–Trinajstić information content (AvgIpc) is 2.93. The molecule has 4 heterocycles. The first-order chi connectivity index (χ1) is 14.9. The van der Waals surface area contributed by atoms with Gasteiger partial charge in [0.25, 0.3) is 5.56 Å². The summed E-state index contributed by atoms with van der Waals surface area (Å²) in [7, 11) is 0. The molecule has 32 heavy (non-hydrogen) atoms. The van der Waals surface area contributed by atoms with E-state index in [1.54, 1.807) is 12.3 Å². The number of hydrogen-bond donors (Lipinski definition) is 1. The number of halogens is 4. The fourth-order valence-corrected chi connectivity index (χ4v) is 3.91. The van der Waals surface area contributed by atoms with Crippen LogP contribution in [0.3, 0.4) is 0 Å². The normalized spacial score (nSPS) is 14.0. The Bertz CT molecular complexity index is 1330. The predicted octanol–water partition coefficient (Wildman–Crippen LogP) is 5.12. The maximum atomic E-state index is 12.7. The standard InChI is InChI=1S/C23H18F3N3O2.ClH/c24-23(25,26)15-3-6-19(28-12-15)14-7-9-29(22(30)10-14)16-4-5-17-18-13-27-8-1-2-20(18)31-21(17)11-16;/h3-7,9-12,27H,1-2,8,13H2;1H. The van der Waals surface area contributed by atoms with Gasteiger partial charge in [0, 0.05) is 54.0 Å². The molecule has 0 aliphatic carbocycles. The summed E-state index contributed by atoms with van der Waals surface area (Å²) >= 11 is 0. The van der Waals surface area contributed by atoms with E-state index in [9.17, 15) is 18.0 Å². The third kappa shape index (κ3) is 4.03. The van der Waals surface area contributed by atoms with Crippen molar-refractivity contribution in [3.63, 3.8) is 0 Å².